The molecule has 3 fully saturated rings. The van der Waals surface area contributed by atoms with Crippen molar-refractivity contribution in [3.05, 3.63) is 23.0 Å². The molecule has 0 heterocycles. The van der Waals surface area contributed by atoms with Gasteiger partial charge in [-0.25, -0.2) is 0 Å². The second kappa shape index (κ2) is 7.71. The Kier molecular flexibility index (Phi) is 5.48. The van der Waals surface area contributed by atoms with Gasteiger partial charge in [0.1, 0.15) is 5.76 Å². The van der Waals surface area contributed by atoms with Crippen LogP contribution in [0.4, 0.5) is 0 Å². The summed E-state index contributed by atoms with van der Waals surface area (Å²) >= 11 is 0. The van der Waals surface area contributed by atoms with Gasteiger partial charge in [-0.3, -0.25) is 9.59 Å². The van der Waals surface area contributed by atoms with Crippen molar-refractivity contribution in [2.75, 3.05) is 7.11 Å². The van der Waals surface area contributed by atoms with E-state index in [9.17, 15) is 20.0 Å². The second-order valence-electron chi connectivity index (χ2n) is 14.5. The lowest BCUT2D eigenvalue weighted by Gasteiger charge is -2.65. The van der Waals surface area contributed by atoms with Gasteiger partial charge in [-0.05, 0) is 91.4 Å². The summed E-state index contributed by atoms with van der Waals surface area (Å²) < 4.78 is 5.38. The summed E-state index contributed by atoms with van der Waals surface area (Å²) in [5, 5.41) is 20.8. The SMILES string of the molecule is COC(=O)C12CCC3C(C(=O)C=C4C3(C)CCC3C(C)(C)C(O)=C(C#N)CC43C)C1CC(C)(C)CC2. The first-order valence-electron chi connectivity index (χ1n) is 13.9. The van der Waals surface area contributed by atoms with Crippen molar-refractivity contribution in [1.82, 2.24) is 0 Å². The molecule has 0 aromatic rings. The Morgan fingerprint density at radius 2 is 1.72 bits per heavy atom. The van der Waals surface area contributed by atoms with Crippen LogP contribution >= 0.6 is 0 Å². The van der Waals surface area contributed by atoms with Crippen molar-refractivity contribution in [2.24, 2.45) is 50.7 Å². The number of fused-ring (bicyclic) bond motifs is 7. The van der Waals surface area contributed by atoms with E-state index in [0.717, 1.165) is 44.9 Å². The zero-order chi connectivity index (χ0) is 26.5. The topological polar surface area (TPSA) is 87.4 Å². The van der Waals surface area contributed by atoms with Gasteiger partial charge in [0.15, 0.2) is 5.78 Å². The number of ketones is 1. The molecular formula is C31H43NO4. The van der Waals surface area contributed by atoms with Gasteiger partial charge in [-0.15, -0.1) is 0 Å². The molecule has 5 aliphatic carbocycles. The zero-order valence-electron chi connectivity index (χ0n) is 23.2. The first-order chi connectivity index (χ1) is 16.7. The minimum Gasteiger partial charge on any atom is -0.511 e. The maximum Gasteiger partial charge on any atom is 0.312 e. The van der Waals surface area contributed by atoms with E-state index < -0.39 is 10.8 Å². The van der Waals surface area contributed by atoms with Crippen LogP contribution in [-0.2, 0) is 14.3 Å². The van der Waals surface area contributed by atoms with Crippen molar-refractivity contribution in [3.63, 3.8) is 0 Å². The summed E-state index contributed by atoms with van der Waals surface area (Å²) in [4.78, 5) is 27.5. The average Bonchev–Trinajstić information content (AvgIpc) is 2.81. The predicted octanol–water partition coefficient (Wildman–Crippen LogP) is 6.70. The summed E-state index contributed by atoms with van der Waals surface area (Å²) in [5.74, 6) is 0.452. The summed E-state index contributed by atoms with van der Waals surface area (Å²) in [7, 11) is 1.49. The molecule has 3 saturated carbocycles. The number of methoxy groups -OCH3 is 1. The summed E-state index contributed by atoms with van der Waals surface area (Å²) in [6.07, 6.45) is 8.63. The molecule has 5 aliphatic rings. The number of esters is 1. The van der Waals surface area contributed by atoms with Crippen LogP contribution in [0.1, 0.15) is 92.9 Å². The largest absolute Gasteiger partial charge is 0.511 e. The van der Waals surface area contributed by atoms with Crippen molar-refractivity contribution in [2.45, 2.75) is 92.9 Å². The lowest BCUT2D eigenvalue weighted by molar-refractivity contribution is -0.178. The molecule has 0 aromatic carbocycles. The van der Waals surface area contributed by atoms with E-state index >= 15 is 0 Å². The van der Waals surface area contributed by atoms with E-state index in [2.05, 4.69) is 33.8 Å². The molecule has 5 rings (SSSR count). The number of hydrogen-bond donors (Lipinski definition) is 1. The molecule has 0 radical (unpaired) electrons. The molecule has 36 heavy (non-hydrogen) atoms. The number of nitrogens with zero attached hydrogens (tertiary/aromatic N) is 1. The minimum absolute atomic E-state index is 0.00140. The molecule has 7 atom stereocenters. The van der Waals surface area contributed by atoms with Gasteiger partial charge in [0, 0.05) is 11.3 Å². The van der Waals surface area contributed by atoms with Gasteiger partial charge in [-0.1, -0.05) is 47.1 Å². The molecule has 0 saturated heterocycles. The van der Waals surface area contributed by atoms with E-state index in [1.54, 1.807) is 0 Å². The fraction of sp³-hybridized carbons (Fsp3) is 0.774. The van der Waals surface area contributed by atoms with E-state index in [1.807, 2.05) is 19.9 Å². The smallest absolute Gasteiger partial charge is 0.312 e. The fourth-order valence-electron chi connectivity index (χ4n) is 10.1. The summed E-state index contributed by atoms with van der Waals surface area (Å²) in [5.41, 5.74) is 0.164. The van der Waals surface area contributed by atoms with Crippen molar-refractivity contribution in [3.8, 4) is 6.07 Å². The summed E-state index contributed by atoms with van der Waals surface area (Å²) in [6, 6.07) is 2.28. The molecule has 196 valence electrons. The van der Waals surface area contributed by atoms with E-state index in [4.69, 9.17) is 4.74 Å². The third kappa shape index (κ3) is 3.12. The number of carbonyl (C=O) groups is 2. The van der Waals surface area contributed by atoms with Crippen molar-refractivity contribution >= 4 is 11.8 Å². The molecule has 5 nitrogen and oxygen atoms in total. The predicted molar refractivity (Wildman–Crippen MR) is 137 cm³/mol. The maximum absolute atomic E-state index is 14.2. The van der Waals surface area contributed by atoms with Crippen LogP contribution in [0.5, 0.6) is 0 Å². The van der Waals surface area contributed by atoms with Crippen LogP contribution in [0.3, 0.4) is 0 Å². The van der Waals surface area contributed by atoms with Crippen LogP contribution in [0.2, 0.25) is 0 Å². The van der Waals surface area contributed by atoms with Gasteiger partial charge in [0.05, 0.1) is 24.2 Å². The van der Waals surface area contributed by atoms with Crippen LogP contribution in [0.25, 0.3) is 0 Å². The fourth-order valence-corrected chi connectivity index (χ4v) is 10.1. The van der Waals surface area contributed by atoms with Gasteiger partial charge >= 0.3 is 5.97 Å². The van der Waals surface area contributed by atoms with Crippen molar-refractivity contribution < 1.29 is 19.4 Å². The molecular weight excluding hydrogens is 450 g/mol. The highest BCUT2D eigenvalue weighted by Crippen LogP contribution is 2.71. The van der Waals surface area contributed by atoms with Crippen LogP contribution in [-0.4, -0.2) is 24.0 Å². The third-order valence-electron chi connectivity index (χ3n) is 11.9. The van der Waals surface area contributed by atoms with E-state index in [1.165, 1.54) is 12.7 Å². The van der Waals surface area contributed by atoms with E-state index in [-0.39, 0.29) is 57.4 Å². The van der Waals surface area contributed by atoms with Gasteiger partial charge < -0.3 is 9.84 Å². The van der Waals surface area contributed by atoms with Gasteiger partial charge in [0.2, 0.25) is 0 Å². The average molecular weight is 494 g/mol. The molecule has 5 heteroatoms. The van der Waals surface area contributed by atoms with Gasteiger partial charge in [-0.2, -0.15) is 5.26 Å². The van der Waals surface area contributed by atoms with Crippen LogP contribution in [0, 0.1) is 62.1 Å². The van der Waals surface area contributed by atoms with E-state index in [0.29, 0.717) is 12.0 Å². The number of aliphatic hydroxyl groups is 1. The molecule has 0 spiro atoms. The highest BCUT2D eigenvalue weighted by molar-refractivity contribution is 5.95. The molecule has 0 amide bonds. The lowest BCUT2D eigenvalue weighted by Crippen LogP contribution is -2.61. The summed E-state index contributed by atoms with van der Waals surface area (Å²) in [6.45, 7) is 13.2. The number of aliphatic hydroxyl groups excluding tert-OH is 1. The molecule has 0 bridgehead atoms. The second-order valence-corrected chi connectivity index (χ2v) is 14.5. The third-order valence-corrected chi connectivity index (χ3v) is 11.9. The molecule has 0 aliphatic heterocycles. The number of allylic oxidation sites excluding steroid dienone is 4. The van der Waals surface area contributed by atoms with Crippen molar-refractivity contribution in [1.29, 1.82) is 5.26 Å². The first-order valence-corrected chi connectivity index (χ1v) is 13.9. The van der Waals surface area contributed by atoms with Gasteiger partial charge in [0.25, 0.3) is 0 Å². The number of ether oxygens (including phenoxy) is 1. The number of carbonyl (C=O) groups excluding carboxylic acids is 2. The minimum atomic E-state index is -0.556. The number of nitriles is 1. The monoisotopic (exact) mass is 493 g/mol. The zero-order valence-corrected chi connectivity index (χ0v) is 23.2. The molecule has 7 unspecified atom stereocenters. The maximum atomic E-state index is 14.2. The Bertz CT molecular complexity index is 1120. The Balaban J connectivity index is 1.64. The standard InChI is InChI=1S/C31H43NO4/c1-27(2)12-13-31(26(35)36-7)11-8-19-24(20(31)16-27)21(33)14-23-29(19,5)10-9-22-28(3,4)25(34)18(17-32)15-30(22,23)6/h14,19-20,22,24,34H,8-13,15-16H2,1-7H3. The molecule has 0 aromatic heterocycles. The Morgan fingerprint density at radius 3 is 2.36 bits per heavy atom. The van der Waals surface area contributed by atoms with Crippen LogP contribution < -0.4 is 0 Å². The Labute approximate surface area is 216 Å². The normalized spacial score (nSPS) is 44.7. The number of rotatable bonds is 1. The highest BCUT2D eigenvalue weighted by Gasteiger charge is 2.67. The first kappa shape index (κ1) is 25.6. The number of hydrogen-bond acceptors (Lipinski definition) is 5. The van der Waals surface area contributed by atoms with Crippen LogP contribution in [0.15, 0.2) is 23.0 Å². The Morgan fingerprint density at radius 1 is 1.03 bits per heavy atom. The lowest BCUT2D eigenvalue weighted by atomic mass is 9.38. The quantitative estimate of drug-likeness (QED) is 0.411. The Hall–Kier alpha value is -2.09. The highest BCUT2D eigenvalue weighted by atomic mass is 16.5. The molecule has 1 N–H and O–H groups in total.